The average Bonchev–Trinajstić information content (AvgIpc) is 3.00. The van der Waals surface area contributed by atoms with E-state index in [1.165, 1.54) is 12.3 Å². The Morgan fingerprint density at radius 1 is 1.08 bits per heavy atom. The molecule has 25 heavy (non-hydrogen) atoms. The SMILES string of the molecule is Cc1ccoc1C(=O)NCCCNC(=O)Cc1ccccc1C(=O)O. The van der Waals surface area contributed by atoms with Gasteiger partial charge in [-0.3, -0.25) is 9.59 Å². The second kappa shape index (κ2) is 8.68. The fourth-order valence-corrected chi connectivity index (χ4v) is 2.32. The van der Waals surface area contributed by atoms with Gasteiger partial charge in [0, 0.05) is 18.7 Å². The van der Waals surface area contributed by atoms with E-state index in [0.29, 0.717) is 25.1 Å². The first-order valence-electron chi connectivity index (χ1n) is 7.89. The van der Waals surface area contributed by atoms with Gasteiger partial charge in [-0.1, -0.05) is 18.2 Å². The van der Waals surface area contributed by atoms with Crippen molar-refractivity contribution in [3.8, 4) is 0 Å². The number of furan rings is 1. The molecule has 0 fully saturated rings. The van der Waals surface area contributed by atoms with E-state index in [0.717, 1.165) is 5.56 Å². The minimum atomic E-state index is -1.06. The van der Waals surface area contributed by atoms with Gasteiger partial charge in [0.1, 0.15) is 0 Å². The number of hydrogen-bond donors (Lipinski definition) is 3. The second-order valence-electron chi connectivity index (χ2n) is 5.53. The molecule has 0 saturated heterocycles. The Morgan fingerprint density at radius 2 is 1.80 bits per heavy atom. The number of carboxylic acids is 1. The van der Waals surface area contributed by atoms with Crippen LogP contribution < -0.4 is 10.6 Å². The van der Waals surface area contributed by atoms with Crippen LogP contribution in [0.2, 0.25) is 0 Å². The van der Waals surface area contributed by atoms with Crippen molar-refractivity contribution >= 4 is 17.8 Å². The summed E-state index contributed by atoms with van der Waals surface area (Å²) in [6.45, 7) is 2.56. The molecule has 0 bridgehead atoms. The Balaban J connectivity index is 1.70. The Morgan fingerprint density at radius 3 is 2.48 bits per heavy atom. The lowest BCUT2D eigenvalue weighted by molar-refractivity contribution is -0.120. The van der Waals surface area contributed by atoms with E-state index in [-0.39, 0.29) is 29.6 Å². The predicted molar refractivity (Wildman–Crippen MR) is 90.5 cm³/mol. The Labute approximate surface area is 145 Å². The van der Waals surface area contributed by atoms with Gasteiger partial charge in [-0.25, -0.2) is 4.79 Å². The maximum Gasteiger partial charge on any atom is 0.335 e. The third kappa shape index (κ3) is 5.20. The monoisotopic (exact) mass is 344 g/mol. The van der Waals surface area contributed by atoms with Crippen molar-refractivity contribution < 1.29 is 23.9 Å². The summed E-state index contributed by atoms with van der Waals surface area (Å²) in [5.41, 5.74) is 1.36. The average molecular weight is 344 g/mol. The normalized spacial score (nSPS) is 10.3. The molecule has 0 saturated carbocycles. The molecule has 0 aliphatic heterocycles. The maximum absolute atomic E-state index is 11.9. The van der Waals surface area contributed by atoms with Crippen LogP contribution in [0.3, 0.4) is 0 Å². The van der Waals surface area contributed by atoms with Crippen LogP contribution in [0.15, 0.2) is 41.0 Å². The predicted octanol–water partition coefficient (Wildman–Crippen LogP) is 1.77. The third-order valence-corrected chi connectivity index (χ3v) is 3.63. The van der Waals surface area contributed by atoms with E-state index in [2.05, 4.69) is 10.6 Å². The number of carbonyl (C=O) groups is 3. The van der Waals surface area contributed by atoms with Gasteiger partial charge >= 0.3 is 5.97 Å². The van der Waals surface area contributed by atoms with E-state index >= 15 is 0 Å². The lowest BCUT2D eigenvalue weighted by Crippen LogP contribution is -2.31. The van der Waals surface area contributed by atoms with E-state index in [9.17, 15) is 14.4 Å². The van der Waals surface area contributed by atoms with E-state index < -0.39 is 5.97 Å². The number of carbonyl (C=O) groups excluding carboxylic acids is 2. The molecule has 0 radical (unpaired) electrons. The summed E-state index contributed by atoms with van der Waals surface area (Å²) in [5, 5.41) is 14.5. The molecule has 0 spiro atoms. The zero-order chi connectivity index (χ0) is 18.2. The maximum atomic E-state index is 11.9. The summed E-state index contributed by atoms with van der Waals surface area (Å²) in [6, 6.07) is 8.12. The van der Waals surface area contributed by atoms with Gasteiger partial charge in [-0.15, -0.1) is 0 Å². The van der Waals surface area contributed by atoms with E-state index in [1.54, 1.807) is 31.2 Å². The van der Waals surface area contributed by atoms with E-state index in [1.807, 2.05) is 0 Å². The molecular weight excluding hydrogens is 324 g/mol. The van der Waals surface area contributed by atoms with Crippen molar-refractivity contribution in [2.24, 2.45) is 0 Å². The molecular formula is C18H20N2O5. The first kappa shape index (κ1) is 18.3. The van der Waals surface area contributed by atoms with Crippen molar-refractivity contribution in [2.75, 3.05) is 13.1 Å². The highest BCUT2D eigenvalue weighted by molar-refractivity contribution is 5.93. The Hall–Kier alpha value is -3.09. The summed E-state index contributed by atoms with van der Waals surface area (Å²) in [7, 11) is 0. The topological polar surface area (TPSA) is 109 Å². The summed E-state index contributed by atoms with van der Waals surface area (Å²) in [6.07, 6.45) is 2.01. The minimum absolute atomic E-state index is 0.000419. The molecule has 2 aromatic rings. The van der Waals surface area contributed by atoms with Crippen LogP contribution in [0.25, 0.3) is 0 Å². The number of hydrogen-bond acceptors (Lipinski definition) is 4. The number of benzene rings is 1. The number of carboxylic acid groups (broad SMARTS) is 1. The number of rotatable bonds is 8. The van der Waals surface area contributed by atoms with Crippen LogP contribution in [-0.2, 0) is 11.2 Å². The molecule has 3 N–H and O–H groups in total. The Bertz CT molecular complexity index is 766. The summed E-state index contributed by atoms with van der Waals surface area (Å²) in [4.78, 5) is 34.8. The van der Waals surface area contributed by atoms with Crippen molar-refractivity contribution in [3.05, 3.63) is 59.0 Å². The molecule has 1 heterocycles. The van der Waals surface area contributed by atoms with Crippen LogP contribution in [-0.4, -0.2) is 36.0 Å². The zero-order valence-corrected chi connectivity index (χ0v) is 13.9. The smallest absolute Gasteiger partial charge is 0.335 e. The molecule has 7 heteroatoms. The second-order valence-corrected chi connectivity index (χ2v) is 5.53. The Kier molecular flexibility index (Phi) is 6.33. The van der Waals surface area contributed by atoms with Crippen LogP contribution in [0.1, 0.15) is 38.5 Å². The van der Waals surface area contributed by atoms with Crippen molar-refractivity contribution in [2.45, 2.75) is 19.8 Å². The number of nitrogens with one attached hydrogen (secondary N) is 2. The molecule has 132 valence electrons. The quantitative estimate of drug-likeness (QED) is 0.632. The van der Waals surface area contributed by atoms with Gasteiger partial charge in [-0.2, -0.15) is 0 Å². The van der Waals surface area contributed by atoms with Gasteiger partial charge in [0.2, 0.25) is 5.91 Å². The van der Waals surface area contributed by atoms with Crippen LogP contribution in [0, 0.1) is 6.92 Å². The van der Waals surface area contributed by atoms with Gasteiger partial charge in [0.05, 0.1) is 18.2 Å². The molecule has 0 aliphatic rings. The fraction of sp³-hybridized carbons (Fsp3) is 0.278. The van der Waals surface area contributed by atoms with Crippen molar-refractivity contribution in [1.29, 1.82) is 0 Å². The largest absolute Gasteiger partial charge is 0.478 e. The number of aryl methyl sites for hydroxylation is 1. The van der Waals surface area contributed by atoms with Crippen LogP contribution in [0.5, 0.6) is 0 Å². The zero-order valence-electron chi connectivity index (χ0n) is 13.9. The van der Waals surface area contributed by atoms with Gasteiger partial charge in [0.15, 0.2) is 5.76 Å². The van der Waals surface area contributed by atoms with Crippen molar-refractivity contribution in [3.63, 3.8) is 0 Å². The van der Waals surface area contributed by atoms with Gasteiger partial charge < -0.3 is 20.2 Å². The molecule has 1 aromatic heterocycles. The first-order valence-corrected chi connectivity index (χ1v) is 7.89. The van der Waals surface area contributed by atoms with Crippen LogP contribution >= 0.6 is 0 Å². The standard InChI is InChI=1S/C18H20N2O5/c1-12-7-10-25-16(12)17(22)20-9-4-8-19-15(21)11-13-5-2-3-6-14(13)18(23)24/h2-3,5-7,10H,4,8-9,11H2,1H3,(H,19,21)(H,20,22)(H,23,24). The highest BCUT2D eigenvalue weighted by Crippen LogP contribution is 2.09. The molecule has 0 unspecified atom stereocenters. The molecule has 0 aliphatic carbocycles. The third-order valence-electron chi connectivity index (χ3n) is 3.63. The summed E-state index contributed by atoms with van der Waals surface area (Å²) in [5.74, 6) is -1.32. The van der Waals surface area contributed by atoms with Crippen LogP contribution in [0.4, 0.5) is 0 Å². The minimum Gasteiger partial charge on any atom is -0.478 e. The van der Waals surface area contributed by atoms with Gasteiger partial charge in [-0.05, 0) is 31.0 Å². The fourth-order valence-electron chi connectivity index (χ4n) is 2.32. The number of aromatic carboxylic acids is 1. The van der Waals surface area contributed by atoms with Crippen molar-refractivity contribution in [1.82, 2.24) is 10.6 Å². The molecule has 7 nitrogen and oxygen atoms in total. The molecule has 2 rings (SSSR count). The lowest BCUT2D eigenvalue weighted by Gasteiger charge is -2.08. The molecule has 1 aromatic carbocycles. The summed E-state index contributed by atoms with van der Waals surface area (Å²) < 4.78 is 5.09. The number of amides is 2. The molecule has 2 amide bonds. The highest BCUT2D eigenvalue weighted by atomic mass is 16.4. The lowest BCUT2D eigenvalue weighted by atomic mass is 10.0. The highest BCUT2D eigenvalue weighted by Gasteiger charge is 2.13. The summed E-state index contributed by atoms with van der Waals surface area (Å²) >= 11 is 0. The molecule has 0 atom stereocenters. The van der Waals surface area contributed by atoms with Gasteiger partial charge in [0.25, 0.3) is 5.91 Å². The van der Waals surface area contributed by atoms with E-state index in [4.69, 9.17) is 9.52 Å². The first-order chi connectivity index (χ1) is 12.0.